The zero-order valence-corrected chi connectivity index (χ0v) is 27.5. The Morgan fingerprint density at radius 1 is 0.977 bits per heavy atom. The number of nitrogens with one attached hydrogen (secondary N) is 1. The summed E-state index contributed by atoms with van der Waals surface area (Å²) in [6.45, 7) is 15.4. The summed E-state index contributed by atoms with van der Waals surface area (Å²) in [4.78, 5) is 15.0. The number of hydrogen-bond acceptors (Lipinski definition) is 8. The van der Waals surface area contributed by atoms with Crippen molar-refractivity contribution in [1.29, 1.82) is 0 Å². The van der Waals surface area contributed by atoms with Gasteiger partial charge in [-0.25, -0.2) is 8.42 Å². The molecule has 11 heteroatoms. The average molecular weight is 619 g/mol. The third kappa shape index (κ3) is 9.92. The smallest absolute Gasteiger partial charge is 0.265 e. The second kappa shape index (κ2) is 17.8. The highest BCUT2D eigenvalue weighted by Crippen LogP contribution is 2.39. The van der Waals surface area contributed by atoms with Crippen molar-refractivity contribution in [3.05, 3.63) is 46.8 Å². The third-order valence-electron chi connectivity index (χ3n) is 7.68. The molecule has 0 aliphatic carbocycles. The molecule has 0 aliphatic rings. The molecule has 43 heavy (non-hydrogen) atoms. The zero-order chi connectivity index (χ0) is 32.0. The van der Waals surface area contributed by atoms with Gasteiger partial charge in [0.1, 0.15) is 11.3 Å². The van der Waals surface area contributed by atoms with Gasteiger partial charge in [-0.2, -0.15) is 9.42 Å². The Kier molecular flexibility index (Phi) is 14.9. The van der Waals surface area contributed by atoms with Crippen molar-refractivity contribution in [3.8, 4) is 11.6 Å². The molecule has 2 rings (SSSR count). The monoisotopic (exact) mass is 618 g/mol. The van der Waals surface area contributed by atoms with Gasteiger partial charge in [-0.05, 0) is 55.9 Å². The average Bonchev–Trinajstić information content (AvgIpc) is 2.99. The standard InChI is InChI=1S/C32H50N4O6S/c1-8-13-15-24(10-3)21-36(22-25(11-4)16-14-9-2)43(39,40)27-19-17-26(18-20-27)34-35-29-30(41-7)28(23(6)42-12-5)31(37)33-32(29)38/h17-20,24-25H,6,8-16,21-22H2,1-5,7H3,(H2,33,37,38)/b35-34+. The first-order valence-electron chi connectivity index (χ1n) is 15.4. The van der Waals surface area contributed by atoms with Crippen molar-refractivity contribution in [2.24, 2.45) is 22.1 Å². The van der Waals surface area contributed by atoms with Gasteiger partial charge >= 0.3 is 0 Å². The number of azo groups is 1. The van der Waals surface area contributed by atoms with Gasteiger partial charge in [-0.1, -0.05) is 72.8 Å². The van der Waals surface area contributed by atoms with Crippen LogP contribution in [0.15, 0.2) is 50.8 Å². The van der Waals surface area contributed by atoms with E-state index in [9.17, 15) is 18.3 Å². The number of unbranched alkanes of at least 4 members (excludes halogenated alkanes) is 2. The van der Waals surface area contributed by atoms with E-state index < -0.39 is 21.5 Å². The predicted molar refractivity (Wildman–Crippen MR) is 172 cm³/mol. The number of nitrogens with zero attached hydrogens (tertiary/aromatic N) is 3. The number of methoxy groups -OCH3 is 1. The molecule has 0 aliphatic heterocycles. The molecular formula is C32H50N4O6S. The number of aromatic hydroxyl groups is 1. The van der Waals surface area contributed by atoms with Gasteiger partial charge in [0.25, 0.3) is 5.56 Å². The molecule has 2 unspecified atom stereocenters. The number of sulfonamides is 1. The van der Waals surface area contributed by atoms with E-state index in [1.54, 1.807) is 23.4 Å². The lowest BCUT2D eigenvalue weighted by Crippen LogP contribution is -2.39. The summed E-state index contributed by atoms with van der Waals surface area (Å²) in [7, 11) is -2.42. The largest absolute Gasteiger partial charge is 0.494 e. The lowest BCUT2D eigenvalue weighted by Gasteiger charge is -2.30. The van der Waals surface area contributed by atoms with Crippen LogP contribution in [0.4, 0.5) is 11.4 Å². The van der Waals surface area contributed by atoms with Gasteiger partial charge in [0.15, 0.2) is 11.4 Å². The molecule has 0 spiro atoms. The molecule has 0 saturated heterocycles. The van der Waals surface area contributed by atoms with Crippen LogP contribution in [0, 0.1) is 11.8 Å². The maximum atomic E-state index is 14.0. The highest BCUT2D eigenvalue weighted by Gasteiger charge is 2.29. The molecule has 0 fully saturated rings. The van der Waals surface area contributed by atoms with Crippen molar-refractivity contribution in [2.45, 2.75) is 90.9 Å². The third-order valence-corrected chi connectivity index (χ3v) is 9.52. The van der Waals surface area contributed by atoms with E-state index in [2.05, 4.69) is 49.5 Å². The molecule has 0 saturated carbocycles. The molecular weight excluding hydrogens is 568 g/mol. The van der Waals surface area contributed by atoms with Gasteiger partial charge in [-0.15, -0.1) is 5.11 Å². The highest BCUT2D eigenvalue weighted by atomic mass is 32.2. The quantitative estimate of drug-likeness (QED) is 0.114. The maximum absolute atomic E-state index is 14.0. The number of aromatic amines is 1. The van der Waals surface area contributed by atoms with E-state index in [4.69, 9.17) is 9.47 Å². The Balaban J connectivity index is 2.41. The molecule has 2 aromatic rings. The Morgan fingerprint density at radius 3 is 2.00 bits per heavy atom. The molecule has 10 nitrogen and oxygen atoms in total. The normalized spacial score (nSPS) is 13.4. The summed E-state index contributed by atoms with van der Waals surface area (Å²) < 4.78 is 40.3. The van der Waals surface area contributed by atoms with E-state index in [-0.39, 0.29) is 34.3 Å². The minimum atomic E-state index is -3.75. The fraction of sp³-hybridized carbons (Fsp3) is 0.594. The summed E-state index contributed by atoms with van der Waals surface area (Å²) in [5.74, 6) is 0.0949. The van der Waals surface area contributed by atoms with Crippen LogP contribution in [0.5, 0.6) is 11.6 Å². The van der Waals surface area contributed by atoms with Crippen LogP contribution in [-0.4, -0.2) is 49.6 Å². The first kappa shape index (κ1) is 36.0. The van der Waals surface area contributed by atoms with E-state index in [1.807, 2.05) is 0 Å². The number of ether oxygens (including phenoxy) is 2. The van der Waals surface area contributed by atoms with Crippen LogP contribution in [0.25, 0.3) is 5.76 Å². The zero-order valence-electron chi connectivity index (χ0n) is 26.7. The summed E-state index contributed by atoms with van der Waals surface area (Å²) in [6.07, 6.45) is 8.19. The van der Waals surface area contributed by atoms with Crippen molar-refractivity contribution in [3.63, 3.8) is 0 Å². The fourth-order valence-corrected chi connectivity index (χ4v) is 6.56. The Labute approximate surface area is 257 Å². The van der Waals surface area contributed by atoms with Crippen molar-refractivity contribution in [2.75, 3.05) is 26.8 Å². The Hall–Kier alpha value is -3.18. The number of H-pyrrole nitrogens is 1. The Bertz CT molecular complexity index is 1340. The second-order valence-electron chi connectivity index (χ2n) is 10.8. The molecule has 1 aromatic carbocycles. The molecule has 1 aromatic heterocycles. The number of hydrogen-bond donors (Lipinski definition) is 2. The molecule has 0 amide bonds. The maximum Gasteiger partial charge on any atom is 0.265 e. The summed E-state index contributed by atoms with van der Waals surface area (Å²) >= 11 is 0. The minimum Gasteiger partial charge on any atom is -0.494 e. The lowest BCUT2D eigenvalue weighted by atomic mass is 9.97. The molecule has 1 heterocycles. The van der Waals surface area contributed by atoms with Gasteiger partial charge in [-0.3, -0.25) is 9.78 Å². The van der Waals surface area contributed by atoms with Crippen LogP contribution in [0.3, 0.4) is 0 Å². The minimum absolute atomic E-state index is 0.00808. The van der Waals surface area contributed by atoms with Gasteiger partial charge in [0.05, 0.1) is 24.3 Å². The second-order valence-corrected chi connectivity index (χ2v) is 12.7. The highest BCUT2D eigenvalue weighted by molar-refractivity contribution is 7.89. The van der Waals surface area contributed by atoms with Crippen LogP contribution in [-0.2, 0) is 14.8 Å². The van der Waals surface area contributed by atoms with Crippen LogP contribution >= 0.6 is 0 Å². The molecule has 0 radical (unpaired) electrons. The molecule has 2 N–H and O–H groups in total. The number of benzene rings is 1. The molecule has 240 valence electrons. The van der Waals surface area contributed by atoms with Crippen LogP contribution in [0.1, 0.15) is 91.5 Å². The number of aromatic nitrogens is 1. The number of rotatable bonds is 20. The van der Waals surface area contributed by atoms with E-state index in [0.29, 0.717) is 30.6 Å². The topological polar surface area (TPSA) is 134 Å². The summed E-state index contributed by atoms with van der Waals surface area (Å²) in [6, 6.07) is 6.19. The van der Waals surface area contributed by atoms with Crippen molar-refractivity contribution in [1.82, 2.24) is 9.29 Å². The first-order valence-corrected chi connectivity index (χ1v) is 16.9. The van der Waals surface area contributed by atoms with E-state index in [0.717, 1.165) is 51.4 Å². The SMILES string of the molecule is C=C(OCC)c1c(OC)c(/N=N/c2ccc(S(=O)(=O)N(CC(CC)CCCC)CC(CC)CCCC)cc2)c(O)[nH]c1=O. The predicted octanol–water partition coefficient (Wildman–Crippen LogP) is 7.94. The van der Waals surface area contributed by atoms with Crippen LogP contribution in [0.2, 0.25) is 0 Å². The van der Waals surface area contributed by atoms with E-state index >= 15 is 0 Å². The summed E-state index contributed by atoms with van der Waals surface area (Å²) in [5, 5.41) is 18.6. The van der Waals surface area contributed by atoms with Crippen molar-refractivity contribution >= 4 is 27.2 Å². The molecule has 2 atom stereocenters. The van der Waals surface area contributed by atoms with E-state index in [1.165, 1.54) is 19.2 Å². The summed E-state index contributed by atoms with van der Waals surface area (Å²) in [5.41, 5.74) is -0.416. The van der Waals surface area contributed by atoms with Crippen molar-refractivity contribution < 1.29 is 23.0 Å². The van der Waals surface area contributed by atoms with Crippen LogP contribution < -0.4 is 10.3 Å². The van der Waals surface area contributed by atoms with Gasteiger partial charge in [0, 0.05) is 13.1 Å². The fourth-order valence-electron chi connectivity index (χ4n) is 4.97. The first-order chi connectivity index (χ1) is 20.6. The number of pyridine rings is 1. The van der Waals surface area contributed by atoms with Gasteiger partial charge in [0.2, 0.25) is 15.9 Å². The lowest BCUT2D eigenvalue weighted by molar-refractivity contribution is 0.270. The molecule has 0 bridgehead atoms. The van der Waals surface area contributed by atoms with Gasteiger partial charge < -0.3 is 14.6 Å². The Morgan fingerprint density at radius 2 is 1.53 bits per heavy atom.